The summed E-state index contributed by atoms with van der Waals surface area (Å²) in [6, 6.07) is 69.7. The average molecular weight is 707 g/mol. The lowest BCUT2D eigenvalue weighted by molar-refractivity contribution is 0.520. The first-order valence-electron chi connectivity index (χ1n) is 19.3. The fourth-order valence-electron chi connectivity index (χ4n) is 9.06. The number of para-hydroxylation sites is 4. The molecule has 2 heteroatoms. The molecule has 10 rings (SSSR count). The van der Waals surface area contributed by atoms with Crippen LogP contribution in [0.2, 0.25) is 0 Å². The molecule has 0 spiro atoms. The van der Waals surface area contributed by atoms with Crippen molar-refractivity contribution in [1.29, 1.82) is 0 Å². The van der Waals surface area contributed by atoms with Gasteiger partial charge in [-0.25, -0.2) is 0 Å². The fraction of sp³-hybridized carbons (Fsp3) is 0.0943. The Bertz CT molecular complexity index is 2720. The van der Waals surface area contributed by atoms with Gasteiger partial charge in [0.15, 0.2) is 0 Å². The number of fused-ring (bicyclic) bond motifs is 6. The van der Waals surface area contributed by atoms with E-state index in [1.165, 1.54) is 77.4 Å². The van der Waals surface area contributed by atoms with Crippen molar-refractivity contribution in [3.8, 4) is 22.3 Å². The van der Waals surface area contributed by atoms with E-state index in [9.17, 15) is 0 Å². The van der Waals surface area contributed by atoms with Crippen LogP contribution in [0.15, 0.2) is 188 Å². The monoisotopic (exact) mass is 706 g/mol. The summed E-state index contributed by atoms with van der Waals surface area (Å²) in [5, 5.41) is 2.52. The standard InChI is InChI=1S/C53H42N2/c1-36-20-24-38(25-21-36)34-53(35-39-26-22-37(2)23-27-39)49-32-40(44-17-11-18-48-47-16-9-10-19-51(47)54-52(44)48)28-30-45(49)46-31-29-43(33-50(46)53)55(41-12-5-3-6-13-41)42-14-7-4-8-15-42/h3-33,54H,34-35H2,1-2H3. The molecule has 1 aliphatic carbocycles. The van der Waals surface area contributed by atoms with Crippen LogP contribution in [0.25, 0.3) is 44.1 Å². The van der Waals surface area contributed by atoms with Crippen molar-refractivity contribution in [1.82, 2.24) is 4.98 Å². The minimum Gasteiger partial charge on any atom is -0.354 e. The van der Waals surface area contributed by atoms with E-state index in [-0.39, 0.29) is 5.41 Å². The molecule has 1 aliphatic rings. The summed E-state index contributed by atoms with van der Waals surface area (Å²) in [6.45, 7) is 4.36. The predicted octanol–water partition coefficient (Wildman–Crippen LogP) is 13.8. The Morgan fingerprint density at radius 3 is 1.62 bits per heavy atom. The number of H-pyrrole nitrogens is 1. The third-order valence-corrected chi connectivity index (χ3v) is 11.7. The lowest BCUT2D eigenvalue weighted by Gasteiger charge is -2.34. The molecule has 55 heavy (non-hydrogen) atoms. The SMILES string of the molecule is Cc1ccc(CC2(Cc3ccc(C)cc3)c3cc(-c4cccc5c4[nH]c4ccccc45)ccc3-c3ccc(N(c4ccccc4)c4ccccc4)cc32)cc1. The molecule has 1 heterocycles. The number of hydrogen-bond donors (Lipinski definition) is 1. The highest BCUT2D eigenvalue weighted by Crippen LogP contribution is 2.55. The van der Waals surface area contributed by atoms with Crippen LogP contribution in [0.1, 0.15) is 33.4 Å². The Morgan fingerprint density at radius 1 is 0.436 bits per heavy atom. The number of aryl methyl sites for hydroxylation is 2. The van der Waals surface area contributed by atoms with E-state index in [0.29, 0.717) is 0 Å². The molecule has 1 N–H and O–H groups in total. The van der Waals surface area contributed by atoms with Gasteiger partial charge in [0.25, 0.3) is 0 Å². The molecule has 0 fully saturated rings. The van der Waals surface area contributed by atoms with Crippen LogP contribution < -0.4 is 4.90 Å². The van der Waals surface area contributed by atoms with E-state index in [0.717, 1.165) is 29.9 Å². The van der Waals surface area contributed by atoms with Crippen molar-refractivity contribution in [2.45, 2.75) is 32.1 Å². The summed E-state index contributed by atoms with van der Waals surface area (Å²) in [6.07, 6.45) is 1.75. The summed E-state index contributed by atoms with van der Waals surface area (Å²) in [7, 11) is 0. The van der Waals surface area contributed by atoms with Gasteiger partial charge in [-0.1, -0.05) is 151 Å². The van der Waals surface area contributed by atoms with Crippen molar-refractivity contribution in [2.24, 2.45) is 0 Å². The zero-order valence-corrected chi connectivity index (χ0v) is 31.3. The van der Waals surface area contributed by atoms with Gasteiger partial charge in [-0.15, -0.1) is 0 Å². The minimum atomic E-state index is -0.339. The van der Waals surface area contributed by atoms with Gasteiger partial charge in [0.2, 0.25) is 0 Å². The molecule has 0 amide bonds. The Kier molecular flexibility index (Phi) is 7.99. The van der Waals surface area contributed by atoms with E-state index in [4.69, 9.17) is 0 Å². The Balaban J connectivity index is 1.23. The van der Waals surface area contributed by atoms with Crippen molar-refractivity contribution in [2.75, 3.05) is 4.90 Å². The van der Waals surface area contributed by atoms with E-state index >= 15 is 0 Å². The lowest BCUT2D eigenvalue weighted by atomic mass is 9.69. The zero-order chi connectivity index (χ0) is 36.9. The van der Waals surface area contributed by atoms with Gasteiger partial charge in [0.05, 0.1) is 5.52 Å². The maximum absolute atomic E-state index is 3.79. The second-order valence-electron chi connectivity index (χ2n) is 15.3. The van der Waals surface area contributed by atoms with Gasteiger partial charge in [-0.3, -0.25) is 0 Å². The highest BCUT2D eigenvalue weighted by atomic mass is 15.1. The Morgan fingerprint density at radius 2 is 0.982 bits per heavy atom. The van der Waals surface area contributed by atoms with Crippen molar-refractivity contribution in [3.63, 3.8) is 0 Å². The molecule has 0 atom stereocenters. The molecule has 0 saturated carbocycles. The van der Waals surface area contributed by atoms with E-state index in [1.54, 1.807) is 0 Å². The van der Waals surface area contributed by atoms with Gasteiger partial charge < -0.3 is 9.88 Å². The topological polar surface area (TPSA) is 19.0 Å². The number of anilines is 3. The molecule has 8 aromatic carbocycles. The summed E-state index contributed by atoms with van der Waals surface area (Å²) >= 11 is 0. The maximum atomic E-state index is 3.79. The lowest BCUT2D eigenvalue weighted by Crippen LogP contribution is -2.31. The second-order valence-corrected chi connectivity index (χ2v) is 15.3. The molecular weight excluding hydrogens is 665 g/mol. The maximum Gasteiger partial charge on any atom is 0.0544 e. The van der Waals surface area contributed by atoms with Gasteiger partial charge in [0, 0.05) is 44.3 Å². The molecule has 2 nitrogen and oxygen atoms in total. The zero-order valence-electron chi connectivity index (χ0n) is 31.3. The summed E-state index contributed by atoms with van der Waals surface area (Å²) in [5.41, 5.74) is 18.5. The van der Waals surface area contributed by atoms with Crippen LogP contribution in [0.5, 0.6) is 0 Å². The molecule has 0 aliphatic heterocycles. The smallest absolute Gasteiger partial charge is 0.0544 e. The van der Waals surface area contributed by atoms with Crippen LogP contribution in [0.3, 0.4) is 0 Å². The normalized spacial score (nSPS) is 12.8. The predicted molar refractivity (Wildman–Crippen MR) is 232 cm³/mol. The van der Waals surface area contributed by atoms with Crippen molar-refractivity contribution >= 4 is 38.9 Å². The number of nitrogens with one attached hydrogen (secondary N) is 1. The van der Waals surface area contributed by atoms with E-state index in [1.807, 2.05) is 0 Å². The highest BCUT2D eigenvalue weighted by molar-refractivity contribution is 6.12. The largest absolute Gasteiger partial charge is 0.354 e. The number of nitrogens with zero attached hydrogens (tertiary/aromatic N) is 1. The van der Waals surface area contributed by atoms with E-state index < -0.39 is 0 Å². The van der Waals surface area contributed by atoms with Gasteiger partial charge in [0.1, 0.15) is 0 Å². The summed E-state index contributed by atoms with van der Waals surface area (Å²) in [4.78, 5) is 6.18. The van der Waals surface area contributed by atoms with Crippen molar-refractivity contribution < 1.29 is 0 Å². The fourth-order valence-corrected chi connectivity index (χ4v) is 9.06. The molecule has 0 unspecified atom stereocenters. The molecule has 264 valence electrons. The third kappa shape index (κ3) is 5.73. The minimum absolute atomic E-state index is 0.339. The van der Waals surface area contributed by atoms with Crippen LogP contribution in [0, 0.1) is 13.8 Å². The molecular formula is C53H42N2. The molecule has 1 aromatic heterocycles. The van der Waals surface area contributed by atoms with Crippen LogP contribution >= 0.6 is 0 Å². The van der Waals surface area contributed by atoms with Crippen LogP contribution in [-0.4, -0.2) is 4.98 Å². The van der Waals surface area contributed by atoms with Crippen LogP contribution in [-0.2, 0) is 18.3 Å². The highest BCUT2D eigenvalue weighted by Gasteiger charge is 2.44. The first-order chi connectivity index (χ1) is 27.0. The van der Waals surface area contributed by atoms with Crippen molar-refractivity contribution in [3.05, 3.63) is 221 Å². The Hall–Kier alpha value is -6.64. The first kappa shape index (κ1) is 33.0. The Labute approximate surface area is 323 Å². The van der Waals surface area contributed by atoms with Crippen LogP contribution in [0.4, 0.5) is 17.1 Å². The van der Waals surface area contributed by atoms with Gasteiger partial charge in [-0.2, -0.15) is 0 Å². The quantitative estimate of drug-likeness (QED) is 0.167. The molecule has 9 aromatic rings. The van der Waals surface area contributed by atoms with E-state index in [2.05, 4.69) is 212 Å². The number of aromatic amines is 1. The van der Waals surface area contributed by atoms with Gasteiger partial charge in [-0.05, 0) is 114 Å². The number of benzene rings is 8. The summed E-state index contributed by atoms with van der Waals surface area (Å²) in [5.74, 6) is 0. The molecule has 0 radical (unpaired) electrons. The first-order valence-corrected chi connectivity index (χ1v) is 19.3. The van der Waals surface area contributed by atoms with Gasteiger partial charge >= 0.3 is 0 Å². The molecule has 0 saturated heterocycles. The number of aromatic nitrogens is 1. The average Bonchev–Trinajstić information content (AvgIpc) is 3.73. The second kappa shape index (κ2) is 13.3. The molecule has 0 bridgehead atoms. The third-order valence-electron chi connectivity index (χ3n) is 11.7. The number of rotatable bonds is 8. The summed E-state index contributed by atoms with van der Waals surface area (Å²) < 4.78 is 0. The number of hydrogen-bond acceptors (Lipinski definition) is 1.